The summed E-state index contributed by atoms with van der Waals surface area (Å²) in [7, 11) is 0. The highest BCUT2D eigenvalue weighted by Crippen LogP contribution is 2.28. The topological polar surface area (TPSA) is 12.5 Å². The number of aryl methyl sites for hydroxylation is 1. The second-order valence-corrected chi connectivity index (χ2v) is 5.02. The lowest BCUT2D eigenvalue weighted by atomic mass is 9.91. The fraction of sp³-hybridized carbons (Fsp3) is 0.625. The predicted octanol–water partition coefficient (Wildman–Crippen LogP) is 3.59. The van der Waals surface area contributed by atoms with E-state index < -0.39 is 0 Å². The monoisotopic (exact) mass is 249 g/mol. The van der Waals surface area contributed by atoms with Gasteiger partial charge in [0.25, 0.3) is 0 Å². The highest BCUT2D eigenvalue weighted by molar-refractivity contribution is 5.27. The van der Waals surface area contributed by atoms with E-state index in [1.165, 1.54) is 11.1 Å². The van der Waals surface area contributed by atoms with E-state index >= 15 is 0 Å². The van der Waals surface area contributed by atoms with Gasteiger partial charge >= 0.3 is 0 Å². The van der Waals surface area contributed by atoms with Crippen molar-refractivity contribution >= 4 is 0 Å². The summed E-state index contributed by atoms with van der Waals surface area (Å²) in [6, 6.07) is 8.87. The number of ether oxygens (including phenoxy) is 1. The zero-order valence-corrected chi connectivity index (χ0v) is 12.5. The SMILES string of the molecule is CC.Cc1ccc(C(C)(C)N2CCOCC2)cc1. The minimum Gasteiger partial charge on any atom is -0.379 e. The van der Waals surface area contributed by atoms with Crippen LogP contribution in [0.5, 0.6) is 0 Å². The van der Waals surface area contributed by atoms with Crippen LogP contribution in [0.15, 0.2) is 24.3 Å². The van der Waals surface area contributed by atoms with Crippen LogP contribution < -0.4 is 0 Å². The Balaban J connectivity index is 0.000000771. The Bertz CT molecular complexity index is 337. The van der Waals surface area contributed by atoms with E-state index in [2.05, 4.69) is 49.9 Å². The summed E-state index contributed by atoms with van der Waals surface area (Å²) in [6.45, 7) is 14.5. The number of hydrogen-bond acceptors (Lipinski definition) is 2. The van der Waals surface area contributed by atoms with Gasteiger partial charge in [-0.1, -0.05) is 43.7 Å². The molecule has 0 N–H and O–H groups in total. The highest BCUT2D eigenvalue weighted by atomic mass is 16.5. The van der Waals surface area contributed by atoms with Crippen molar-refractivity contribution in [1.82, 2.24) is 4.90 Å². The molecule has 2 rings (SSSR count). The van der Waals surface area contributed by atoms with Crippen LogP contribution >= 0.6 is 0 Å². The third-order valence-corrected chi connectivity index (χ3v) is 3.56. The molecule has 1 aromatic carbocycles. The van der Waals surface area contributed by atoms with Gasteiger partial charge in [-0.3, -0.25) is 4.90 Å². The average Bonchev–Trinajstić information content (AvgIpc) is 2.42. The Morgan fingerprint density at radius 3 is 2.00 bits per heavy atom. The summed E-state index contributed by atoms with van der Waals surface area (Å²) in [5, 5.41) is 0. The van der Waals surface area contributed by atoms with Crippen LogP contribution in [0, 0.1) is 6.92 Å². The molecule has 0 aromatic heterocycles. The van der Waals surface area contributed by atoms with Gasteiger partial charge in [-0.05, 0) is 26.3 Å². The van der Waals surface area contributed by atoms with E-state index in [0.717, 1.165) is 26.3 Å². The van der Waals surface area contributed by atoms with E-state index in [-0.39, 0.29) is 5.54 Å². The molecular weight excluding hydrogens is 222 g/mol. The van der Waals surface area contributed by atoms with Crippen LogP contribution in [0.1, 0.15) is 38.8 Å². The quantitative estimate of drug-likeness (QED) is 0.794. The Labute approximate surface area is 112 Å². The van der Waals surface area contributed by atoms with Crippen molar-refractivity contribution in [3.8, 4) is 0 Å². The molecule has 1 aromatic rings. The van der Waals surface area contributed by atoms with Gasteiger partial charge in [0.1, 0.15) is 0 Å². The molecular formula is C16H27NO. The molecule has 0 amide bonds. The Kier molecular flexibility index (Phi) is 5.83. The zero-order chi connectivity index (χ0) is 13.6. The summed E-state index contributed by atoms with van der Waals surface area (Å²) in [5.74, 6) is 0. The molecule has 1 aliphatic heterocycles. The Morgan fingerprint density at radius 1 is 1.00 bits per heavy atom. The molecule has 0 unspecified atom stereocenters. The van der Waals surface area contributed by atoms with E-state index in [0.29, 0.717) is 0 Å². The Hall–Kier alpha value is -0.860. The van der Waals surface area contributed by atoms with Crippen molar-refractivity contribution in [2.75, 3.05) is 26.3 Å². The highest BCUT2D eigenvalue weighted by Gasteiger charge is 2.29. The zero-order valence-electron chi connectivity index (χ0n) is 12.5. The van der Waals surface area contributed by atoms with Crippen LogP contribution in [-0.4, -0.2) is 31.2 Å². The van der Waals surface area contributed by atoms with Gasteiger partial charge in [-0.15, -0.1) is 0 Å². The van der Waals surface area contributed by atoms with Crippen LogP contribution in [0.25, 0.3) is 0 Å². The predicted molar refractivity (Wildman–Crippen MR) is 77.9 cm³/mol. The first-order chi connectivity index (χ1) is 8.60. The standard InChI is InChI=1S/C14H21NO.C2H6/c1-12-4-6-13(7-5-12)14(2,3)15-8-10-16-11-9-15;1-2/h4-7H,8-11H2,1-3H3;1-2H3. The molecule has 0 aliphatic carbocycles. The van der Waals surface area contributed by atoms with Gasteiger partial charge in [0.15, 0.2) is 0 Å². The maximum atomic E-state index is 5.41. The van der Waals surface area contributed by atoms with Crippen molar-refractivity contribution in [2.24, 2.45) is 0 Å². The first-order valence-corrected chi connectivity index (χ1v) is 7.00. The average molecular weight is 249 g/mol. The molecule has 0 radical (unpaired) electrons. The molecule has 2 nitrogen and oxygen atoms in total. The van der Waals surface area contributed by atoms with Crippen LogP contribution in [0.4, 0.5) is 0 Å². The third kappa shape index (κ3) is 3.56. The van der Waals surface area contributed by atoms with Crippen molar-refractivity contribution in [3.05, 3.63) is 35.4 Å². The maximum absolute atomic E-state index is 5.41. The normalized spacial score (nSPS) is 16.9. The lowest BCUT2D eigenvalue weighted by Crippen LogP contribution is -2.47. The van der Waals surface area contributed by atoms with Gasteiger partial charge in [0.05, 0.1) is 13.2 Å². The molecule has 0 spiro atoms. The van der Waals surface area contributed by atoms with E-state index in [1.807, 2.05) is 13.8 Å². The molecule has 1 saturated heterocycles. The lowest BCUT2D eigenvalue weighted by molar-refractivity contribution is -0.0118. The molecule has 1 aliphatic rings. The van der Waals surface area contributed by atoms with E-state index in [1.54, 1.807) is 0 Å². The van der Waals surface area contributed by atoms with Gasteiger partial charge in [0, 0.05) is 18.6 Å². The second-order valence-electron chi connectivity index (χ2n) is 5.02. The van der Waals surface area contributed by atoms with Crippen molar-refractivity contribution < 1.29 is 4.74 Å². The number of hydrogen-bond donors (Lipinski definition) is 0. The number of benzene rings is 1. The largest absolute Gasteiger partial charge is 0.379 e. The molecule has 0 saturated carbocycles. The molecule has 1 heterocycles. The summed E-state index contributed by atoms with van der Waals surface area (Å²) in [5.41, 5.74) is 2.82. The summed E-state index contributed by atoms with van der Waals surface area (Å²) in [4.78, 5) is 2.50. The maximum Gasteiger partial charge on any atom is 0.0594 e. The molecule has 102 valence electrons. The first kappa shape index (κ1) is 15.2. The van der Waals surface area contributed by atoms with E-state index in [9.17, 15) is 0 Å². The lowest BCUT2D eigenvalue weighted by Gasteiger charge is -2.41. The van der Waals surface area contributed by atoms with E-state index in [4.69, 9.17) is 4.74 Å². The minimum atomic E-state index is 0.109. The van der Waals surface area contributed by atoms with Crippen molar-refractivity contribution in [2.45, 2.75) is 40.2 Å². The van der Waals surface area contributed by atoms with Gasteiger partial charge in [-0.25, -0.2) is 0 Å². The molecule has 1 fully saturated rings. The third-order valence-electron chi connectivity index (χ3n) is 3.56. The van der Waals surface area contributed by atoms with Crippen LogP contribution in [0.3, 0.4) is 0 Å². The number of nitrogens with zero attached hydrogens (tertiary/aromatic N) is 1. The molecule has 2 heteroatoms. The van der Waals surface area contributed by atoms with Crippen LogP contribution in [0.2, 0.25) is 0 Å². The summed E-state index contributed by atoms with van der Waals surface area (Å²) in [6.07, 6.45) is 0. The fourth-order valence-corrected chi connectivity index (χ4v) is 2.27. The molecule has 0 bridgehead atoms. The van der Waals surface area contributed by atoms with Crippen LogP contribution in [-0.2, 0) is 10.3 Å². The second kappa shape index (κ2) is 6.91. The fourth-order valence-electron chi connectivity index (χ4n) is 2.27. The minimum absolute atomic E-state index is 0.109. The number of rotatable bonds is 2. The summed E-state index contributed by atoms with van der Waals surface area (Å²) < 4.78 is 5.41. The first-order valence-electron chi connectivity index (χ1n) is 7.00. The van der Waals surface area contributed by atoms with Crippen molar-refractivity contribution in [3.63, 3.8) is 0 Å². The summed E-state index contributed by atoms with van der Waals surface area (Å²) >= 11 is 0. The van der Waals surface area contributed by atoms with Crippen molar-refractivity contribution in [1.29, 1.82) is 0 Å². The van der Waals surface area contributed by atoms with Gasteiger partial charge in [0.2, 0.25) is 0 Å². The van der Waals surface area contributed by atoms with Gasteiger partial charge < -0.3 is 4.74 Å². The molecule has 0 atom stereocenters. The Morgan fingerprint density at radius 2 is 1.50 bits per heavy atom. The molecule has 18 heavy (non-hydrogen) atoms. The van der Waals surface area contributed by atoms with Gasteiger partial charge in [-0.2, -0.15) is 0 Å². The number of morpholine rings is 1. The smallest absolute Gasteiger partial charge is 0.0594 e.